The van der Waals surface area contributed by atoms with Crippen molar-refractivity contribution in [3.05, 3.63) is 11.6 Å². The summed E-state index contributed by atoms with van der Waals surface area (Å²) in [6, 6.07) is 0. The number of rotatable bonds is 1. The molecule has 3 heteroatoms. The van der Waals surface area contributed by atoms with Crippen LogP contribution in [0.25, 0.3) is 0 Å². The highest BCUT2D eigenvalue weighted by molar-refractivity contribution is 5.88. The van der Waals surface area contributed by atoms with Gasteiger partial charge < -0.3 is 10.2 Å². The minimum absolute atomic E-state index is 0.0106. The predicted octanol–water partition coefficient (Wildman–Crippen LogP) is 2.45. The van der Waals surface area contributed by atoms with Crippen molar-refractivity contribution in [1.82, 2.24) is 0 Å². The number of aliphatic carboxylic acids is 1. The van der Waals surface area contributed by atoms with Gasteiger partial charge >= 0.3 is 5.97 Å². The zero-order valence-electron chi connectivity index (χ0n) is 11.3. The maximum Gasteiger partial charge on any atom is 0.331 e. The highest BCUT2D eigenvalue weighted by Gasteiger charge is 2.65. The molecule has 2 N–H and O–H groups in total. The van der Waals surface area contributed by atoms with E-state index >= 15 is 0 Å². The quantitative estimate of drug-likeness (QED) is 0.751. The molecule has 1 spiro atoms. The van der Waals surface area contributed by atoms with E-state index in [1.807, 2.05) is 6.08 Å². The number of aliphatic hydroxyl groups is 1. The molecule has 0 saturated heterocycles. The standard InChI is InChI=1S/C15H22O3/c1-8-12(16)5-11-10(13(17)18)4-9-6-14(2,3)7-15(8,9)11/h4,8-9,11-12,16H,5-7H2,1-3H3,(H,17,18)/t8-,9-,11-,12-,15-/m0/s1. The molecule has 3 rings (SSSR count). The van der Waals surface area contributed by atoms with Crippen molar-refractivity contribution in [3.8, 4) is 0 Å². The third-order valence-corrected chi connectivity index (χ3v) is 5.80. The second kappa shape index (κ2) is 3.38. The highest BCUT2D eigenvalue weighted by atomic mass is 16.4. The van der Waals surface area contributed by atoms with E-state index < -0.39 is 5.97 Å². The molecule has 3 aliphatic carbocycles. The number of hydrogen-bond donors (Lipinski definition) is 2. The molecule has 0 bridgehead atoms. The summed E-state index contributed by atoms with van der Waals surface area (Å²) < 4.78 is 0. The predicted molar refractivity (Wildman–Crippen MR) is 67.9 cm³/mol. The summed E-state index contributed by atoms with van der Waals surface area (Å²) in [6.07, 6.45) is 4.39. The molecule has 0 amide bonds. The van der Waals surface area contributed by atoms with Gasteiger partial charge in [0.05, 0.1) is 6.10 Å². The molecule has 3 nitrogen and oxygen atoms in total. The van der Waals surface area contributed by atoms with Gasteiger partial charge in [-0.15, -0.1) is 0 Å². The Hall–Kier alpha value is -0.830. The molecule has 0 aromatic heterocycles. The molecule has 18 heavy (non-hydrogen) atoms. The van der Waals surface area contributed by atoms with Crippen molar-refractivity contribution >= 4 is 5.97 Å². The van der Waals surface area contributed by atoms with Crippen LogP contribution in [-0.2, 0) is 4.79 Å². The largest absolute Gasteiger partial charge is 0.478 e. The SMILES string of the molecule is C[C@H]1[C@@H](O)C[C@H]2C(C(=O)O)=C[C@H]3CC(C)(C)C[C@]321. The Morgan fingerprint density at radius 1 is 1.44 bits per heavy atom. The van der Waals surface area contributed by atoms with Gasteiger partial charge in [0.25, 0.3) is 0 Å². The fourth-order valence-electron chi connectivity index (χ4n) is 5.22. The van der Waals surface area contributed by atoms with Gasteiger partial charge in [-0.2, -0.15) is 0 Å². The zero-order valence-corrected chi connectivity index (χ0v) is 11.3. The number of carbonyl (C=O) groups is 1. The Bertz CT molecular complexity index is 437. The van der Waals surface area contributed by atoms with Crippen LogP contribution in [-0.4, -0.2) is 22.3 Å². The van der Waals surface area contributed by atoms with Gasteiger partial charge in [-0.25, -0.2) is 4.79 Å². The third-order valence-electron chi connectivity index (χ3n) is 5.80. The molecule has 0 aromatic rings. The Morgan fingerprint density at radius 3 is 2.72 bits per heavy atom. The summed E-state index contributed by atoms with van der Waals surface area (Å²) in [5.74, 6) is -0.169. The molecular weight excluding hydrogens is 228 g/mol. The molecule has 0 unspecified atom stereocenters. The number of carboxylic acids is 1. The van der Waals surface area contributed by atoms with Gasteiger partial charge in [0.1, 0.15) is 0 Å². The minimum Gasteiger partial charge on any atom is -0.478 e. The first-order chi connectivity index (χ1) is 8.28. The summed E-state index contributed by atoms with van der Waals surface area (Å²) in [7, 11) is 0. The maximum absolute atomic E-state index is 11.4. The van der Waals surface area contributed by atoms with Crippen molar-refractivity contribution in [3.63, 3.8) is 0 Å². The average molecular weight is 250 g/mol. The van der Waals surface area contributed by atoms with Crippen molar-refractivity contribution in [2.24, 2.45) is 28.6 Å². The molecule has 3 aliphatic rings. The van der Waals surface area contributed by atoms with Crippen molar-refractivity contribution in [2.45, 2.75) is 46.1 Å². The van der Waals surface area contributed by atoms with Gasteiger partial charge in [-0.05, 0) is 47.8 Å². The first-order valence-electron chi connectivity index (χ1n) is 6.91. The summed E-state index contributed by atoms with van der Waals surface area (Å²) in [4.78, 5) is 11.4. The van der Waals surface area contributed by atoms with Gasteiger partial charge in [0, 0.05) is 5.57 Å². The van der Waals surface area contributed by atoms with E-state index in [9.17, 15) is 15.0 Å². The third kappa shape index (κ3) is 1.31. The van der Waals surface area contributed by atoms with E-state index in [0.717, 1.165) is 12.8 Å². The topological polar surface area (TPSA) is 57.5 Å². The molecule has 2 saturated carbocycles. The van der Waals surface area contributed by atoms with Gasteiger partial charge in [0.2, 0.25) is 0 Å². The summed E-state index contributed by atoms with van der Waals surface area (Å²) in [6.45, 7) is 6.64. The summed E-state index contributed by atoms with van der Waals surface area (Å²) in [5.41, 5.74) is 0.845. The molecule has 100 valence electrons. The van der Waals surface area contributed by atoms with Gasteiger partial charge in [0.15, 0.2) is 0 Å². The molecule has 2 fully saturated rings. The maximum atomic E-state index is 11.4. The lowest BCUT2D eigenvalue weighted by Crippen LogP contribution is -2.34. The van der Waals surface area contributed by atoms with E-state index in [2.05, 4.69) is 20.8 Å². The lowest BCUT2D eigenvalue weighted by molar-refractivity contribution is -0.133. The number of allylic oxidation sites excluding steroid dienone is 1. The van der Waals surface area contributed by atoms with Crippen molar-refractivity contribution in [1.29, 1.82) is 0 Å². The first-order valence-corrected chi connectivity index (χ1v) is 6.91. The smallest absolute Gasteiger partial charge is 0.331 e. The van der Waals surface area contributed by atoms with E-state index in [4.69, 9.17) is 0 Å². The van der Waals surface area contributed by atoms with E-state index in [0.29, 0.717) is 17.9 Å². The molecule has 5 atom stereocenters. The molecule has 0 heterocycles. The normalized spacial score (nSPS) is 48.8. The van der Waals surface area contributed by atoms with Crippen LogP contribution in [0.1, 0.15) is 40.0 Å². The molecule has 0 aliphatic heterocycles. The Balaban J connectivity index is 2.08. The van der Waals surface area contributed by atoms with Crippen LogP contribution in [0.4, 0.5) is 0 Å². The fourth-order valence-corrected chi connectivity index (χ4v) is 5.22. The average Bonchev–Trinajstić information content (AvgIpc) is 2.74. The number of hydrogen-bond acceptors (Lipinski definition) is 2. The van der Waals surface area contributed by atoms with Gasteiger partial charge in [-0.3, -0.25) is 0 Å². The number of carboxylic acid groups (broad SMARTS) is 1. The highest BCUT2D eigenvalue weighted by Crippen LogP contribution is 2.70. The molecule has 0 radical (unpaired) electrons. The van der Waals surface area contributed by atoms with Crippen LogP contribution < -0.4 is 0 Å². The van der Waals surface area contributed by atoms with Crippen LogP contribution in [0.3, 0.4) is 0 Å². The van der Waals surface area contributed by atoms with E-state index in [1.165, 1.54) is 0 Å². The second-order valence-electron chi connectivity index (χ2n) is 7.34. The Kier molecular flexibility index (Phi) is 2.30. The lowest BCUT2D eigenvalue weighted by atomic mass is 9.67. The monoisotopic (exact) mass is 250 g/mol. The van der Waals surface area contributed by atoms with Crippen LogP contribution in [0.15, 0.2) is 11.6 Å². The van der Waals surface area contributed by atoms with Crippen LogP contribution in [0.2, 0.25) is 0 Å². The van der Waals surface area contributed by atoms with Crippen LogP contribution in [0, 0.1) is 28.6 Å². The summed E-state index contributed by atoms with van der Waals surface area (Å²) in [5, 5.41) is 19.6. The van der Waals surface area contributed by atoms with Crippen LogP contribution >= 0.6 is 0 Å². The number of aliphatic hydroxyl groups excluding tert-OH is 1. The molecule has 0 aromatic carbocycles. The Morgan fingerprint density at radius 2 is 2.11 bits per heavy atom. The summed E-state index contributed by atoms with van der Waals surface area (Å²) >= 11 is 0. The molecular formula is C15H22O3. The van der Waals surface area contributed by atoms with Crippen LogP contribution in [0.5, 0.6) is 0 Å². The van der Waals surface area contributed by atoms with Crippen molar-refractivity contribution < 1.29 is 15.0 Å². The van der Waals surface area contributed by atoms with Gasteiger partial charge in [-0.1, -0.05) is 26.8 Å². The zero-order chi connectivity index (χ0) is 13.3. The van der Waals surface area contributed by atoms with E-state index in [-0.39, 0.29) is 28.8 Å². The fraction of sp³-hybridized carbons (Fsp3) is 0.800. The second-order valence-corrected chi connectivity index (χ2v) is 7.34. The Labute approximate surface area is 108 Å². The lowest BCUT2D eigenvalue weighted by Gasteiger charge is -2.36. The minimum atomic E-state index is -0.784. The van der Waals surface area contributed by atoms with Crippen molar-refractivity contribution in [2.75, 3.05) is 0 Å². The first kappa shape index (κ1) is 12.2. The van der Waals surface area contributed by atoms with E-state index in [1.54, 1.807) is 0 Å².